The Morgan fingerprint density at radius 2 is 1.92 bits per heavy atom. The maximum absolute atomic E-state index is 12.9. The molecule has 2 nitrogen and oxygen atoms in total. The Morgan fingerprint density at radius 3 is 2.42 bits per heavy atom. The number of halogens is 2. The minimum Gasteiger partial charge on any atom is -0.396 e. The summed E-state index contributed by atoms with van der Waals surface area (Å²) in [6, 6.07) is 1.76. The summed E-state index contributed by atoms with van der Waals surface area (Å²) in [6.45, 7) is 1.36. The van der Waals surface area contributed by atoms with Crippen LogP contribution in [0.5, 0.6) is 0 Å². The lowest BCUT2D eigenvalue weighted by Gasteiger charge is -2.07. The lowest BCUT2D eigenvalue weighted by Crippen LogP contribution is -2.00. The van der Waals surface area contributed by atoms with Crippen molar-refractivity contribution in [2.75, 3.05) is 5.73 Å². The number of anilines is 1. The van der Waals surface area contributed by atoms with Crippen molar-refractivity contribution in [1.82, 2.24) is 0 Å². The SMILES string of the molecule is CC(O)c1cc(F)c(N)cc1F. The van der Waals surface area contributed by atoms with Gasteiger partial charge < -0.3 is 10.8 Å². The van der Waals surface area contributed by atoms with Gasteiger partial charge in [0.25, 0.3) is 0 Å². The predicted molar refractivity (Wildman–Crippen MR) is 41.4 cm³/mol. The third-order valence-electron chi connectivity index (χ3n) is 1.57. The number of hydrogen-bond acceptors (Lipinski definition) is 2. The maximum atomic E-state index is 12.9. The molecular weight excluding hydrogens is 164 g/mol. The summed E-state index contributed by atoms with van der Waals surface area (Å²) in [6.07, 6.45) is -1.03. The lowest BCUT2D eigenvalue weighted by molar-refractivity contribution is 0.193. The van der Waals surface area contributed by atoms with Crippen LogP contribution in [0.4, 0.5) is 14.5 Å². The second kappa shape index (κ2) is 3.06. The normalized spacial score (nSPS) is 13.0. The quantitative estimate of drug-likeness (QED) is 0.633. The van der Waals surface area contributed by atoms with Crippen LogP contribution in [0.2, 0.25) is 0 Å². The third kappa shape index (κ3) is 1.53. The van der Waals surface area contributed by atoms with E-state index in [1.165, 1.54) is 6.92 Å². The highest BCUT2D eigenvalue weighted by Gasteiger charge is 2.11. The monoisotopic (exact) mass is 173 g/mol. The van der Waals surface area contributed by atoms with E-state index in [2.05, 4.69) is 0 Å². The molecule has 4 heteroatoms. The lowest BCUT2D eigenvalue weighted by atomic mass is 10.1. The van der Waals surface area contributed by atoms with E-state index < -0.39 is 17.7 Å². The molecule has 0 saturated carbocycles. The topological polar surface area (TPSA) is 46.2 Å². The van der Waals surface area contributed by atoms with Crippen LogP contribution >= 0.6 is 0 Å². The summed E-state index contributed by atoms with van der Waals surface area (Å²) in [5.41, 5.74) is 4.76. The van der Waals surface area contributed by atoms with Gasteiger partial charge in [-0.1, -0.05) is 0 Å². The summed E-state index contributed by atoms with van der Waals surface area (Å²) in [7, 11) is 0. The summed E-state index contributed by atoms with van der Waals surface area (Å²) < 4.78 is 25.6. The summed E-state index contributed by atoms with van der Waals surface area (Å²) in [5, 5.41) is 8.97. The van der Waals surface area contributed by atoms with Gasteiger partial charge in [0.05, 0.1) is 11.8 Å². The Kier molecular flexibility index (Phi) is 2.28. The van der Waals surface area contributed by atoms with E-state index in [1.54, 1.807) is 0 Å². The van der Waals surface area contributed by atoms with Gasteiger partial charge in [-0.05, 0) is 13.0 Å². The third-order valence-corrected chi connectivity index (χ3v) is 1.57. The molecular formula is C8H9F2NO. The zero-order chi connectivity index (χ0) is 9.30. The van der Waals surface area contributed by atoms with Crippen molar-refractivity contribution in [3.63, 3.8) is 0 Å². The smallest absolute Gasteiger partial charge is 0.146 e. The molecule has 0 saturated heterocycles. The molecule has 0 aliphatic rings. The van der Waals surface area contributed by atoms with Crippen molar-refractivity contribution in [2.24, 2.45) is 0 Å². The Morgan fingerprint density at radius 1 is 1.33 bits per heavy atom. The second-order valence-corrected chi connectivity index (χ2v) is 2.57. The van der Waals surface area contributed by atoms with Crippen LogP contribution in [0.25, 0.3) is 0 Å². The van der Waals surface area contributed by atoms with E-state index in [-0.39, 0.29) is 11.3 Å². The van der Waals surface area contributed by atoms with Crippen LogP contribution in [-0.4, -0.2) is 5.11 Å². The predicted octanol–water partition coefficient (Wildman–Crippen LogP) is 1.60. The van der Waals surface area contributed by atoms with E-state index in [9.17, 15) is 8.78 Å². The summed E-state index contributed by atoms with van der Waals surface area (Å²) in [4.78, 5) is 0. The van der Waals surface area contributed by atoms with Crippen LogP contribution in [-0.2, 0) is 0 Å². The molecule has 1 aromatic rings. The Hall–Kier alpha value is -1.16. The minimum atomic E-state index is -1.03. The zero-order valence-corrected chi connectivity index (χ0v) is 6.51. The number of benzene rings is 1. The van der Waals surface area contributed by atoms with Crippen LogP contribution in [0.3, 0.4) is 0 Å². The summed E-state index contributed by atoms with van der Waals surface area (Å²) in [5.74, 6) is -1.41. The van der Waals surface area contributed by atoms with Gasteiger partial charge in [-0.15, -0.1) is 0 Å². The highest BCUT2D eigenvalue weighted by atomic mass is 19.1. The van der Waals surface area contributed by atoms with Gasteiger partial charge in [-0.25, -0.2) is 8.78 Å². The van der Waals surface area contributed by atoms with Gasteiger partial charge >= 0.3 is 0 Å². The van der Waals surface area contributed by atoms with Gasteiger partial charge in [0.1, 0.15) is 11.6 Å². The average Bonchev–Trinajstić information content (AvgIpc) is 1.96. The molecule has 0 aliphatic heterocycles. The fourth-order valence-electron chi connectivity index (χ4n) is 0.898. The van der Waals surface area contributed by atoms with E-state index in [4.69, 9.17) is 10.8 Å². The van der Waals surface area contributed by atoms with Crippen molar-refractivity contribution < 1.29 is 13.9 Å². The van der Waals surface area contributed by atoms with Crippen molar-refractivity contribution in [2.45, 2.75) is 13.0 Å². The molecule has 3 N–H and O–H groups in total. The fraction of sp³-hybridized carbons (Fsp3) is 0.250. The van der Waals surface area contributed by atoms with Crippen molar-refractivity contribution in [3.8, 4) is 0 Å². The number of nitrogens with two attached hydrogens (primary N) is 1. The molecule has 0 radical (unpaired) electrons. The van der Waals surface area contributed by atoms with E-state index in [0.717, 1.165) is 12.1 Å². The summed E-state index contributed by atoms with van der Waals surface area (Å²) >= 11 is 0. The average molecular weight is 173 g/mol. The first-order valence-corrected chi connectivity index (χ1v) is 3.45. The van der Waals surface area contributed by atoms with E-state index in [1.807, 2.05) is 0 Å². The van der Waals surface area contributed by atoms with Crippen LogP contribution in [0.1, 0.15) is 18.6 Å². The molecule has 1 atom stereocenters. The van der Waals surface area contributed by atoms with E-state index in [0.29, 0.717) is 0 Å². The fourth-order valence-corrected chi connectivity index (χ4v) is 0.898. The number of hydrogen-bond donors (Lipinski definition) is 2. The Bertz CT molecular complexity index is 299. The largest absolute Gasteiger partial charge is 0.396 e. The number of rotatable bonds is 1. The molecule has 0 fully saturated rings. The first-order chi connectivity index (χ1) is 5.52. The van der Waals surface area contributed by atoms with Gasteiger partial charge in [0.2, 0.25) is 0 Å². The van der Waals surface area contributed by atoms with Crippen molar-refractivity contribution in [3.05, 3.63) is 29.3 Å². The standard InChI is InChI=1S/C8H9F2NO/c1-4(12)5-2-7(10)8(11)3-6(5)9/h2-4,12H,11H2,1H3. The highest BCUT2D eigenvalue weighted by molar-refractivity contribution is 5.42. The van der Waals surface area contributed by atoms with Crippen LogP contribution in [0, 0.1) is 11.6 Å². The van der Waals surface area contributed by atoms with Crippen LogP contribution in [0.15, 0.2) is 12.1 Å². The molecule has 0 aliphatic carbocycles. The van der Waals surface area contributed by atoms with Crippen molar-refractivity contribution >= 4 is 5.69 Å². The molecule has 0 amide bonds. The molecule has 1 unspecified atom stereocenters. The van der Waals surface area contributed by atoms with Gasteiger partial charge in [0, 0.05) is 11.6 Å². The maximum Gasteiger partial charge on any atom is 0.146 e. The minimum absolute atomic E-state index is 0.0818. The molecule has 1 rings (SSSR count). The molecule has 0 aromatic heterocycles. The Balaban J connectivity index is 3.23. The number of aliphatic hydroxyl groups excluding tert-OH is 1. The number of nitrogen functional groups attached to an aromatic ring is 1. The highest BCUT2D eigenvalue weighted by Crippen LogP contribution is 2.21. The molecule has 66 valence electrons. The number of aliphatic hydroxyl groups is 1. The molecule has 0 bridgehead atoms. The first kappa shape index (κ1) is 8.93. The van der Waals surface area contributed by atoms with Gasteiger partial charge in [-0.2, -0.15) is 0 Å². The molecule has 12 heavy (non-hydrogen) atoms. The molecule has 0 spiro atoms. The molecule has 0 heterocycles. The van der Waals surface area contributed by atoms with Gasteiger partial charge in [0.15, 0.2) is 0 Å². The van der Waals surface area contributed by atoms with Gasteiger partial charge in [-0.3, -0.25) is 0 Å². The van der Waals surface area contributed by atoms with E-state index >= 15 is 0 Å². The van der Waals surface area contributed by atoms with Crippen LogP contribution < -0.4 is 5.73 Å². The Labute approximate surface area is 68.6 Å². The zero-order valence-electron chi connectivity index (χ0n) is 6.51. The first-order valence-electron chi connectivity index (χ1n) is 3.45. The second-order valence-electron chi connectivity index (χ2n) is 2.57. The molecule has 1 aromatic carbocycles. The van der Waals surface area contributed by atoms with Crippen molar-refractivity contribution in [1.29, 1.82) is 0 Å².